The lowest BCUT2D eigenvalue weighted by atomic mass is 10.1. The Morgan fingerprint density at radius 3 is 3.00 bits per heavy atom. The summed E-state index contributed by atoms with van der Waals surface area (Å²) in [7, 11) is 0. The standard InChI is InChI=1S/C9H6ClNO2/c1-5-2-7-9(13-4-12-7)8(10)6(5)3-11/h2H,4H2,1H3. The van der Waals surface area contributed by atoms with E-state index in [2.05, 4.69) is 0 Å². The summed E-state index contributed by atoms with van der Waals surface area (Å²) in [6.45, 7) is 1.98. The van der Waals surface area contributed by atoms with Gasteiger partial charge in [0.15, 0.2) is 11.5 Å². The van der Waals surface area contributed by atoms with Crippen molar-refractivity contribution in [3.8, 4) is 17.6 Å². The fraction of sp³-hybridized carbons (Fsp3) is 0.222. The highest BCUT2D eigenvalue weighted by Crippen LogP contribution is 2.42. The molecule has 1 aliphatic heterocycles. The molecule has 0 bridgehead atoms. The Balaban J connectivity index is 2.71. The fourth-order valence-corrected chi connectivity index (χ4v) is 1.60. The molecule has 1 aromatic carbocycles. The highest BCUT2D eigenvalue weighted by Gasteiger charge is 2.21. The molecule has 1 aromatic rings. The van der Waals surface area contributed by atoms with Gasteiger partial charge in [0.05, 0.1) is 5.56 Å². The van der Waals surface area contributed by atoms with Crippen LogP contribution in [0.1, 0.15) is 11.1 Å². The van der Waals surface area contributed by atoms with Crippen molar-refractivity contribution in [2.24, 2.45) is 0 Å². The van der Waals surface area contributed by atoms with Gasteiger partial charge in [0.25, 0.3) is 0 Å². The molecule has 0 aromatic heterocycles. The molecule has 0 saturated carbocycles. The largest absolute Gasteiger partial charge is 0.454 e. The number of halogens is 1. The van der Waals surface area contributed by atoms with Crippen LogP contribution in [0.25, 0.3) is 0 Å². The number of hydrogen-bond donors (Lipinski definition) is 0. The minimum atomic E-state index is 0.170. The first-order chi connectivity index (χ1) is 6.24. The molecule has 0 spiro atoms. The second-order valence-electron chi connectivity index (χ2n) is 2.73. The zero-order valence-corrected chi connectivity index (χ0v) is 7.68. The summed E-state index contributed by atoms with van der Waals surface area (Å²) < 4.78 is 10.3. The molecule has 0 radical (unpaired) electrons. The number of nitriles is 1. The van der Waals surface area contributed by atoms with Crippen LogP contribution < -0.4 is 9.47 Å². The van der Waals surface area contributed by atoms with Crippen molar-refractivity contribution in [1.29, 1.82) is 5.26 Å². The van der Waals surface area contributed by atoms with Gasteiger partial charge in [-0.2, -0.15) is 5.26 Å². The van der Waals surface area contributed by atoms with Crippen LogP contribution in [0.4, 0.5) is 0 Å². The maximum atomic E-state index is 8.80. The summed E-state index contributed by atoms with van der Waals surface area (Å²) in [6, 6.07) is 3.78. The third-order valence-electron chi connectivity index (χ3n) is 1.91. The Kier molecular flexibility index (Phi) is 1.78. The van der Waals surface area contributed by atoms with Gasteiger partial charge in [-0.3, -0.25) is 0 Å². The number of rotatable bonds is 0. The van der Waals surface area contributed by atoms with Gasteiger partial charge in [0.1, 0.15) is 11.1 Å². The first-order valence-electron chi connectivity index (χ1n) is 3.73. The second-order valence-corrected chi connectivity index (χ2v) is 3.11. The maximum absolute atomic E-state index is 8.80. The predicted molar refractivity (Wildman–Crippen MR) is 47.0 cm³/mol. The summed E-state index contributed by atoms with van der Waals surface area (Å²) in [4.78, 5) is 0. The van der Waals surface area contributed by atoms with E-state index in [1.807, 2.05) is 13.0 Å². The molecule has 0 fully saturated rings. The van der Waals surface area contributed by atoms with Crippen molar-refractivity contribution >= 4 is 11.6 Å². The van der Waals surface area contributed by atoms with Crippen LogP contribution in [0.3, 0.4) is 0 Å². The predicted octanol–water partition coefficient (Wildman–Crippen LogP) is 2.25. The van der Waals surface area contributed by atoms with E-state index in [4.69, 9.17) is 26.3 Å². The zero-order valence-electron chi connectivity index (χ0n) is 6.93. The molecule has 3 nitrogen and oxygen atoms in total. The summed E-state index contributed by atoms with van der Waals surface area (Å²) in [5.74, 6) is 1.09. The van der Waals surface area contributed by atoms with E-state index in [9.17, 15) is 0 Å². The number of hydrogen-bond acceptors (Lipinski definition) is 3. The molecule has 13 heavy (non-hydrogen) atoms. The third kappa shape index (κ3) is 1.11. The Morgan fingerprint density at radius 2 is 2.31 bits per heavy atom. The molecule has 1 aliphatic rings. The fourth-order valence-electron chi connectivity index (χ4n) is 1.26. The van der Waals surface area contributed by atoms with Gasteiger partial charge >= 0.3 is 0 Å². The van der Waals surface area contributed by atoms with Crippen molar-refractivity contribution in [3.05, 3.63) is 22.2 Å². The Bertz CT molecular complexity index is 408. The molecule has 0 amide bonds. The van der Waals surface area contributed by atoms with Gasteiger partial charge in [-0.15, -0.1) is 0 Å². The molecule has 4 heteroatoms. The Hall–Kier alpha value is -1.40. The quantitative estimate of drug-likeness (QED) is 0.638. The summed E-state index contributed by atoms with van der Waals surface area (Å²) >= 11 is 5.93. The lowest BCUT2D eigenvalue weighted by molar-refractivity contribution is 0.174. The highest BCUT2D eigenvalue weighted by atomic mass is 35.5. The van der Waals surface area contributed by atoms with Gasteiger partial charge in [0.2, 0.25) is 6.79 Å². The monoisotopic (exact) mass is 195 g/mol. The van der Waals surface area contributed by atoms with E-state index < -0.39 is 0 Å². The smallest absolute Gasteiger partial charge is 0.231 e. The minimum Gasteiger partial charge on any atom is -0.454 e. The first kappa shape index (κ1) is 8.21. The molecule has 0 unspecified atom stereocenters. The first-order valence-corrected chi connectivity index (χ1v) is 4.10. The van der Waals surface area contributed by atoms with Gasteiger partial charge in [-0.1, -0.05) is 11.6 Å². The average Bonchev–Trinajstić information content (AvgIpc) is 2.53. The lowest BCUT2D eigenvalue weighted by Gasteiger charge is -2.03. The maximum Gasteiger partial charge on any atom is 0.231 e. The van der Waals surface area contributed by atoms with Crippen LogP contribution >= 0.6 is 11.6 Å². The van der Waals surface area contributed by atoms with Crippen LogP contribution in [0, 0.1) is 18.3 Å². The molecule has 1 heterocycles. The van der Waals surface area contributed by atoms with Crippen molar-refractivity contribution in [3.63, 3.8) is 0 Å². The second kappa shape index (κ2) is 2.82. The van der Waals surface area contributed by atoms with Crippen molar-refractivity contribution < 1.29 is 9.47 Å². The van der Waals surface area contributed by atoms with E-state index in [1.165, 1.54) is 0 Å². The normalized spacial score (nSPS) is 12.7. The average molecular weight is 196 g/mol. The van der Waals surface area contributed by atoms with E-state index in [1.54, 1.807) is 6.07 Å². The van der Waals surface area contributed by atoms with Crippen LogP contribution in [0.15, 0.2) is 6.07 Å². The molecule has 2 rings (SSSR count). The van der Waals surface area contributed by atoms with E-state index in [0.29, 0.717) is 22.1 Å². The molecule has 0 aliphatic carbocycles. The number of aryl methyl sites for hydroxylation is 1. The van der Waals surface area contributed by atoms with Gasteiger partial charge in [-0.05, 0) is 18.6 Å². The van der Waals surface area contributed by atoms with Crippen LogP contribution in [-0.4, -0.2) is 6.79 Å². The van der Waals surface area contributed by atoms with Crippen molar-refractivity contribution in [2.45, 2.75) is 6.92 Å². The number of ether oxygens (including phenoxy) is 2. The van der Waals surface area contributed by atoms with Crippen LogP contribution in [0.2, 0.25) is 5.02 Å². The lowest BCUT2D eigenvalue weighted by Crippen LogP contribution is -1.93. The van der Waals surface area contributed by atoms with E-state index in [-0.39, 0.29) is 6.79 Å². The summed E-state index contributed by atoms with van der Waals surface area (Å²) in [5, 5.41) is 9.14. The Morgan fingerprint density at radius 1 is 1.54 bits per heavy atom. The number of nitrogens with zero attached hydrogens (tertiary/aromatic N) is 1. The zero-order chi connectivity index (χ0) is 9.42. The Labute approximate surface area is 80.4 Å². The van der Waals surface area contributed by atoms with Crippen LogP contribution in [-0.2, 0) is 0 Å². The highest BCUT2D eigenvalue weighted by molar-refractivity contribution is 6.33. The number of benzene rings is 1. The van der Waals surface area contributed by atoms with Crippen molar-refractivity contribution in [1.82, 2.24) is 0 Å². The molecular weight excluding hydrogens is 190 g/mol. The van der Waals surface area contributed by atoms with Gasteiger partial charge in [-0.25, -0.2) is 0 Å². The molecule has 66 valence electrons. The van der Waals surface area contributed by atoms with Crippen LogP contribution in [0.5, 0.6) is 11.5 Å². The van der Waals surface area contributed by atoms with Gasteiger partial charge in [0, 0.05) is 0 Å². The SMILES string of the molecule is Cc1cc2c(c(Cl)c1C#N)OCO2. The molecule has 0 N–H and O–H groups in total. The van der Waals surface area contributed by atoms with E-state index in [0.717, 1.165) is 5.56 Å². The van der Waals surface area contributed by atoms with Crippen molar-refractivity contribution in [2.75, 3.05) is 6.79 Å². The number of fused-ring (bicyclic) bond motifs is 1. The van der Waals surface area contributed by atoms with E-state index >= 15 is 0 Å². The third-order valence-corrected chi connectivity index (χ3v) is 2.27. The summed E-state index contributed by atoms with van der Waals surface area (Å²) in [5.41, 5.74) is 1.25. The molecule has 0 atom stereocenters. The van der Waals surface area contributed by atoms with Gasteiger partial charge < -0.3 is 9.47 Å². The minimum absolute atomic E-state index is 0.170. The topological polar surface area (TPSA) is 42.2 Å². The molecule has 0 saturated heterocycles. The summed E-state index contributed by atoms with van der Waals surface area (Å²) in [6.07, 6.45) is 0. The molecular formula is C9H6ClNO2.